The molecule has 0 saturated carbocycles. The summed E-state index contributed by atoms with van der Waals surface area (Å²) < 4.78 is 0.791. The van der Waals surface area contributed by atoms with Gasteiger partial charge in [-0.25, -0.2) is 0 Å². The topological polar surface area (TPSA) is 40.5 Å². The molecule has 1 aliphatic rings. The normalized spacial score (nSPS) is 16.9. The fourth-order valence-electron chi connectivity index (χ4n) is 2.13. The van der Waals surface area contributed by atoms with Gasteiger partial charge in [0.1, 0.15) is 0 Å². The van der Waals surface area contributed by atoms with E-state index in [2.05, 4.69) is 15.9 Å². The second kappa shape index (κ2) is 6.04. The van der Waals surface area contributed by atoms with Gasteiger partial charge in [0.25, 0.3) is 5.91 Å². The van der Waals surface area contributed by atoms with E-state index in [1.54, 1.807) is 18.2 Å². The van der Waals surface area contributed by atoms with Gasteiger partial charge >= 0.3 is 0 Å². The second-order valence-corrected chi connectivity index (χ2v) is 5.81. The van der Waals surface area contributed by atoms with Crippen molar-refractivity contribution in [1.82, 2.24) is 4.90 Å². The molecule has 5 heteroatoms. The molecule has 3 nitrogen and oxygen atoms in total. The molecule has 1 aromatic rings. The zero-order valence-electron chi connectivity index (χ0n) is 9.90. The van der Waals surface area contributed by atoms with Crippen LogP contribution in [-0.4, -0.2) is 35.6 Å². The van der Waals surface area contributed by atoms with Gasteiger partial charge in [0.05, 0.1) is 5.02 Å². The molecule has 1 aliphatic heterocycles. The van der Waals surface area contributed by atoms with Crippen molar-refractivity contribution in [2.45, 2.75) is 12.8 Å². The Balaban J connectivity index is 2.05. The number of carbonyl (C=O) groups excluding carboxylic acids is 1. The molecule has 1 N–H and O–H groups in total. The van der Waals surface area contributed by atoms with Crippen molar-refractivity contribution in [2.24, 2.45) is 5.92 Å². The average Bonchev–Trinajstić information content (AvgIpc) is 2.41. The summed E-state index contributed by atoms with van der Waals surface area (Å²) >= 11 is 9.30. The number of amides is 1. The molecule has 1 heterocycles. The summed E-state index contributed by atoms with van der Waals surface area (Å²) in [6.07, 6.45) is 1.74. The maximum Gasteiger partial charge on any atom is 0.253 e. The molecule has 18 heavy (non-hydrogen) atoms. The lowest BCUT2D eigenvalue weighted by molar-refractivity contribution is 0.0651. The number of rotatable bonds is 2. The zero-order chi connectivity index (χ0) is 13.1. The Kier molecular flexibility index (Phi) is 4.65. The Labute approximate surface area is 120 Å². The number of aliphatic hydroxyl groups excluding tert-OH is 1. The lowest BCUT2D eigenvalue weighted by Crippen LogP contribution is -2.39. The largest absolute Gasteiger partial charge is 0.396 e. The summed E-state index contributed by atoms with van der Waals surface area (Å²) in [5.74, 6) is 0.350. The van der Waals surface area contributed by atoms with Crippen LogP contribution in [0.1, 0.15) is 23.2 Å². The molecule has 0 aliphatic carbocycles. The number of piperidine rings is 1. The number of hydrogen-bond donors (Lipinski definition) is 1. The highest BCUT2D eigenvalue weighted by molar-refractivity contribution is 9.10. The van der Waals surface area contributed by atoms with E-state index in [-0.39, 0.29) is 12.5 Å². The Morgan fingerprint density at radius 1 is 1.44 bits per heavy atom. The molecular formula is C13H15BrClNO2. The van der Waals surface area contributed by atoms with E-state index in [1.165, 1.54) is 0 Å². The standard InChI is InChI=1S/C13H15BrClNO2/c14-11-2-1-10(7-12(11)15)13(18)16-5-3-9(8-17)4-6-16/h1-2,7,9,17H,3-6,8H2. The molecule has 1 amide bonds. The Morgan fingerprint density at radius 3 is 2.67 bits per heavy atom. The average molecular weight is 333 g/mol. The summed E-state index contributed by atoms with van der Waals surface area (Å²) in [7, 11) is 0. The molecule has 98 valence electrons. The van der Waals surface area contributed by atoms with Crippen LogP contribution in [0.5, 0.6) is 0 Å². The predicted octanol–water partition coefficient (Wildman–Crippen LogP) is 2.95. The number of likely N-dealkylation sites (tertiary alicyclic amines) is 1. The predicted molar refractivity (Wildman–Crippen MR) is 74.9 cm³/mol. The van der Waals surface area contributed by atoms with Crippen molar-refractivity contribution in [3.63, 3.8) is 0 Å². The van der Waals surface area contributed by atoms with Crippen LogP contribution in [0.15, 0.2) is 22.7 Å². The number of benzene rings is 1. The fourth-order valence-corrected chi connectivity index (χ4v) is 2.56. The Morgan fingerprint density at radius 2 is 2.11 bits per heavy atom. The molecule has 2 rings (SSSR count). The molecule has 0 atom stereocenters. The maximum absolute atomic E-state index is 12.2. The number of hydrogen-bond acceptors (Lipinski definition) is 2. The molecule has 1 aromatic carbocycles. The maximum atomic E-state index is 12.2. The van der Waals surface area contributed by atoms with Gasteiger partial charge < -0.3 is 10.0 Å². The van der Waals surface area contributed by atoms with Crippen LogP contribution in [-0.2, 0) is 0 Å². The van der Waals surface area contributed by atoms with E-state index >= 15 is 0 Å². The zero-order valence-corrected chi connectivity index (χ0v) is 12.2. The number of halogens is 2. The number of carbonyl (C=O) groups is 1. The lowest BCUT2D eigenvalue weighted by Gasteiger charge is -2.31. The monoisotopic (exact) mass is 331 g/mol. The molecule has 0 radical (unpaired) electrons. The minimum atomic E-state index is 0.0146. The summed E-state index contributed by atoms with van der Waals surface area (Å²) in [5, 5.41) is 9.62. The van der Waals surface area contributed by atoms with Gasteiger partial charge in [-0.05, 0) is 52.9 Å². The van der Waals surface area contributed by atoms with Crippen LogP contribution in [0.2, 0.25) is 5.02 Å². The quantitative estimate of drug-likeness (QED) is 0.904. The third kappa shape index (κ3) is 3.05. The van der Waals surface area contributed by atoms with Crippen LogP contribution in [0.25, 0.3) is 0 Å². The van der Waals surface area contributed by atoms with Gasteiger partial charge in [-0.2, -0.15) is 0 Å². The minimum absolute atomic E-state index is 0.0146. The van der Waals surface area contributed by atoms with Gasteiger partial charge in [-0.1, -0.05) is 11.6 Å². The van der Waals surface area contributed by atoms with Crippen molar-refractivity contribution in [1.29, 1.82) is 0 Å². The van der Waals surface area contributed by atoms with Crippen molar-refractivity contribution >= 4 is 33.4 Å². The van der Waals surface area contributed by atoms with Gasteiger partial charge in [0, 0.05) is 29.7 Å². The van der Waals surface area contributed by atoms with Gasteiger partial charge in [0.15, 0.2) is 0 Å². The molecular weight excluding hydrogens is 318 g/mol. The first-order valence-electron chi connectivity index (χ1n) is 5.97. The van der Waals surface area contributed by atoms with Crippen molar-refractivity contribution in [3.8, 4) is 0 Å². The lowest BCUT2D eigenvalue weighted by atomic mass is 9.97. The summed E-state index contributed by atoms with van der Waals surface area (Å²) in [6, 6.07) is 5.25. The van der Waals surface area contributed by atoms with E-state index in [0.29, 0.717) is 29.6 Å². The molecule has 1 saturated heterocycles. The van der Waals surface area contributed by atoms with Gasteiger partial charge in [-0.3, -0.25) is 4.79 Å². The van der Waals surface area contributed by atoms with Crippen LogP contribution >= 0.6 is 27.5 Å². The van der Waals surface area contributed by atoms with Crippen molar-refractivity contribution in [2.75, 3.05) is 19.7 Å². The van der Waals surface area contributed by atoms with Crippen molar-refractivity contribution < 1.29 is 9.90 Å². The highest BCUT2D eigenvalue weighted by Crippen LogP contribution is 2.25. The first kappa shape index (κ1) is 13.8. The Bertz CT molecular complexity index is 445. The number of nitrogens with zero attached hydrogens (tertiary/aromatic N) is 1. The van der Waals surface area contributed by atoms with E-state index in [4.69, 9.17) is 16.7 Å². The van der Waals surface area contributed by atoms with E-state index in [1.807, 2.05) is 4.90 Å². The molecule has 1 fully saturated rings. The fraction of sp³-hybridized carbons (Fsp3) is 0.462. The van der Waals surface area contributed by atoms with Gasteiger partial charge in [0.2, 0.25) is 0 Å². The third-order valence-electron chi connectivity index (χ3n) is 3.33. The minimum Gasteiger partial charge on any atom is -0.396 e. The Hall–Kier alpha value is -0.580. The summed E-state index contributed by atoms with van der Waals surface area (Å²) in [5.41, 5.74) is 0.616. The van der Waals surface area contributed by atoms with Crippen LogP contribution in [0.3, 0.4) is 0 Å². The van der Waals surface area contributed by atoms with E-state index in [0.717, 1.165) is 17.3 Å². The highest BCUT2D eigenvalue weighted by Gasteiger charge is 2.23. The SMILES string of the molecule is O=C(c1ccc(Br)c(Cl)c1)N1CCC(CO)CC1. The smallest absolute Gasteiger partial charge is 0.253 e. The second-order valence-electron chi connectivity index (χ2n) is 4.55. The van der Waals surface area contributed by atoms with Crippen LogP contribution in [0, 0.1) is 5.92 Å². The van der Waals surface area contributed by atoms with Crippen LogP contribution in [0.4, 0.5) is 0 Å². The van der Waals surface area contributed by atoms with E-state index in [9.17, 15) is 4.79 Å². The molecule has 0 unspecified atom stereocenters. The van der Waals surface area contributed by atoms with Gasteiger partial charge in [-0.15, -0.1) is 0 Å². The van der Waals surface area contributed by atoms with Crippen LogP contribution < -0.4 is 0 Å². The molecule has 0 aromatic heterocycles. The summed E-state index contributed by atoms with van der Waals surface area (Å²) in [6.45, 7) is 1.63. The number of aliphatic hydroxyl groups is 1. The molecule has 0 spiro atoms. The van der Waals surface area contributed by atoms with E-state index < -0.39 is 0 Å². The third-order valence-corrected chi connectivity index (χ3v) is 4.56. The first-order chi connectivity index (χ1) is 8.61. The molecule has 0 bridgehead atoms. The van der Waals surface area contributed by atoms with Crippen molar-refractivity contribution in [3.05, 3.63) is 33.3 Å². The first-order valence-corrected chi connectivity index (χ1v) is 7.14. The summed E-state index contributed by atoms with van der Waals surface area (Å²) in [4.78, 5) is 14.1. The highest BCUT2D eigenvalue weighted by atomic mass is 79.9.